The van der Waals surface area contributed by atoms with Crippen LogP contribution < -0.4 is 4.74 Å². The predicted molar refractivity (Wildman–Crippen MR) is 132 cm³/mol. The van der Waals surface area contributed by atoms with Crippen molar-refractivity contribution in [3.05, 3.63) is 67.0 Å². The zero-order valence-corrected chi connectivity index (χ0v) is 21.0. The van der Waals surface area contributed by atoms with Crippen LogP contribution in [0.2, 0.25) is 0 Å². The van der Waals surface area contributed by atoms with Gasteiger partial charge in [-0.25, -0.2) is 18.4 Å². The summed E-state index contributed by atoms with van der Waals surface area (Å²) in [6, 6.07) is 8.42. The van der Waals surface area contributed by atoms with Gasteiger partial charge >= 0.3 is 0 Å². The molecule has 186 valence electrons. The highest BCUT2D eigenvalue weighted by Gasteiger charge is 2.38. The van der Waals surface area contributed by atoms with E-state index in [2.05, 4.69) is 19.9 Å². The summed E-state index contributed by atoms with van der Waals surface area (Å²) in [7, 11) is -1.88. The molecule has 0 bridgehead atoms. The summed E-state index contributed by atoms with van der Waals surface area (Å²) >= 11 is 0. The van der Waals surface area contributed by atoms with Gasteiger partial charge in [0.15, 0.2) is 0 Å². The van der Waals surface area contributed by atoms with Crippen molar-refractivity contribution in [1.82, 2.24) is 24.2 Å². The van der Waals surface area contributed by atoms with Gasteiger partial charge in [0, 0.05) is 61.9 Å². The zero-order valence-electron chi connectivity index (χ0n) is 20.2. The first-order valence-corrected chi connectivity index (χ1v) is 13.0. The Kier molecular flexibility index (Phi) is 7.75. The molecule has 0 spiro atoms. The predicted octanol–water partition coefficient (Wildman–Crippen LogP) is 2.44. The van der Waals surface area contributed by atoms with Crippen LogP contribution in [0, 0.1) is 5.92 Å². The van der Waals surface area contributed by atoms with E-state index in [-0.39, 0.29) is 35.8 Å². The Morgan fingerprint density at radius 3 is 2.54 bits per heavy atom. The Labute approximate surface area is 206 Å². The Morgan fingerprint density at radius 2 is 1.86 bits per heavy atom. The Hall–Kier alpha value is -2.92. The largest absolute Gasteiger partial charge is 0.487 e. The lowest BCUT2D eigenvalue weighted by molar-refractivity contribution is 0.0734. The first-order valence-electron chi connectivity index (χ1n) is 11.6. The Morgan fingerprint density at radius 1 is 1.14 bits per heavy atom. The molecule has 1 aliphatic rings. The van der Waals surface area contributed by atoms with Gasteiger partial charge in [-0.1, -0.05) is 13.0 Å². The Balaban J connectivity index is 1.72. The monoisotopic (exact) mass is 497 g/mol. The average Bonchev–Trinajstić information content (AvgIpc) is 2.86. The van der Waals surface area contributed by atoms with Crippen molar-refractivity contribution >= 4 is 10.0 Å². The van der Waals surface area contributed by atoms with Gasteiger partial charge in [0.25, 0.3) is 0 Å². The fourth-order valence-corrected chi connectivity index (χ4v) is 6.07. The molecule has 0 saturated carbocycles. The van der Waals surface area contributed by atoms with Crippen LogP contribution >= 0.6 is 0 Å². The molecule has 0 amide bonds. The van der Waals surface area contributed by atoms with Gasteiger partial charge in [-0.05, 0) is 49.4 Å². The van der Waals surface area contributed by atoms with Crippen LogP contribution in [0.4, 0.5) is 0 Å². The minimum atomic E-state index is -3.89. The molecular formula is C25H31N5O4S. The lowest BCUT2D eigenvalue weighted by Gasteiger charge is -2.37. The van der Waals surface area contributed by atoms with Crippen molar-refractivity contribution in [3.63, 3.8) is 0 Å². The van der Waals surface area contributed by atoms with E-state index in [9.17, 15) is 13.5 Å². The van der Waals surface area contributed by atoms with Crippen LogP contribution in [0.3, 0.4) is 0 Å². The van der Waals surface area contributed by atoms with Crippen molar-refractivity contribution in [3.8, 4) is 16.9 Å². The fourth-order valence-electron chi connectivity index (χ4n) is 4.24. The number of hydrogen-bond donors (Lipinski definition) is 1. The summed E-state index contributed by atoms with van der Waals surface area (Å²) in [6.45, 7) is 4.96. The van der Waals surface area contributed by atoms with E-state index in [1.165, 1.54) is 10.6 Å². The van der Waals surface area contributed by atoms with Crippen molar-refractivity contribution in [2.75, 3.05) is 26.7 Å². The van der Waals surface area contributed by atoms with Crippen LogP contribution in [0.5, 0.6) is 5.75 Å². The van der Waals surface area contributed by atoms with Crippen molar-refractivity contribution < 1.29 is 18.3 Å². The van der Waals surface area contributed by atoms with Crippen molar-refractivity contribution in [1.29, 1.82) is 0 Å². The number of ether oxygens (including phenoxy) is 1. The second kappa shape index (κ2) is 10.8. The maximum atomic E-state index is 13.6. The third-order valence-electron chi connectivity index (χ3n) is 6.25. The Bertz CT molecular complexity index is 1230. The highest BCUT2D eigenvalue weighted by molar-refractivity contribution is 7.89. The summed E-state index contributed by atoms with van der Waals surface area (Å²) in [5.41, 5.74) is 2.66. The van der Waals surface area contributed by atoms with Gasteiger partial charge in [-0.3, -0.25) is 9.88 Å². The van der Waals surface area contributed by atoms with E-state index in [4.69, 9.17) is 4.74 Å². The third-order valence-corrected chi connectivity index (χ3v) is 8.27. The normalized spacial score (nSPS) is 20.9. The van der Waals surface area contributed by atoms with Crippen LogP contribution in [-0.4, -0.2) is 76.6 Å². The molecule has 0 aliphatic carbocycles. The fraction of sp³-hybridized carbons (Fsp3) is 0.400. The number of aliphatic hydroxyl groups excluding tert-OH is 1. The van der Waals surface area contributed by atoms with Crippen LogP contribution in [0.25, 0.3) is 11.1 Å². The number of rotatable bonds is 7. The van der Waals surface area contributed by atoms with E-state index >= 15 is 0 Å². The molecule has 35 heavy (non-hydrogen) atoms. The second-order valence-electron chi connectivity index (χ2n) is 9.08. The molecule has 0 saturated heterocycles. The molecule has 1 aromatic carbocycles. The summed E-state index contributed by atoms with van der Waals surface area (Å²) in [5.74, 6) is 0.158. The first-order chi connectivity index (χ1) is 16.8. The number of pyridine rings is 1. The molecule has 10 heteroatoms. The van der Waals surface area contributed by atoms with Crippen LogP contribution in [-0.2, 0) is 16.6 Å². The lowest BCUT2D eigenvalue weighted by atomic mass is 10.0. The molecule has 0 fully saturated rings. The van der Waals surface area contributed by atoms with E-state index < -0.39 is 16.1 Å². The van der Waals surface area contributed by atoms with Gasteiger partial charge in [0.1, 0.15) is 23.1 Å². The molecular weight excluding hydrogens is 466 g/mol. The van der Waals surface area contributed by atoms with E-state index in [0.717, 1.165) is 16.7 Å². The topological polar surface area (TPSA) is 109 Å². The lowest BCUT2D eigenvalue weighted by Crippen LogP contribution is -2.49. The quantitative estimate of drug-likeness (QED) is 0.530. The number of sulfonamides is 1. The summed E-state index contributed by atoms with van der Waals surface area (Å²) in [5, 5.41) is 9.82. The van der Waals surface area contributed by atoms with Gasteiger partial charge in [0.2, 0.25) is 10.0 Å². The minimum Gasteiger partial charge on any atom is -0.487 e. The highest BCUT2D eigenvalue weighted by Crippen LogP contribution is 2.36. The van der Waals surface area contributed by atoms with Gasteiger partial charge in [-0.15, -0.1) is 0 Å². The number of benzene rings is 1. The highest BCUT2D eigenvalue weighted by atomic mass is 32.2. The molecule has 3 heterocycles. The van der Waals surface area contributed by atoms with Crippen LogP contribution in [0.15, 0.2) is 66.3 Å². The zero-order chi connectivity index (χ0) is 25.0. The number of nitrogens with zero attached hydrogens (tertiary/aromatic N) is 5. The standard InChI is InChI=1S/C25H31N5O4S/c1-18-13-30(19(2)16-31)35(32,33)25-5-4-21(22-11-27-17-28-12-22)10-23(25)34-24(18)15-29(3)14-20-6-8-26-9-7-20/h4-12,17-19,24,31H,13-16H2,1-3H3/t18-,19+,24-/m0/s1. The second-order valence-corrected chi connectivity index (χ2v) is 10.9. The van der Waals surface area contributed by atoms with E-state index in [1.54, 1.807) is 49.9 Å². The van der Waals surface area contributed by atoms with Gasteiger partial charge in [-0.2, -0.15) is 4.31 Å². The first kappa shape index (κ1) is 25.2. The molecule has 3 atom stereocenters. The number of hydrogen-bond acceptors (Lipinski definition) is 8. The number of likely N-dealkylation sites (N-methyl/N-ethyl adjacent to an activating group) is 1. The maximum absolute atomic E-state index is 13.6. The van der Waals surface area contributed by atoms with Gasteiger partial charge in [0.05, 0.1) is 6.61 Å². The number of aromatic nitrogens is 3. The summed E-state index contributed by atoms with van der Waals surface area (Å²) in [6.07, 6.45) is 8.04. The molecule has 1 aliphatic heterocycles. The van der Waals surface area contributed by atoms with Gasteiger partial charge < -0.3 is 9.84 Å². The smallest absolute Gasteiger partial charge is 0.247 e. The SMILES string of the molecule is C[C@H](CO)N1C[C@H](C)[C@H](CN(C)Cc2ccncc2)Oc2cc(-c3cncnc3)ccc2S1(=O)=O. The molecule has 9 nitrogen and oxygen atoms in total. The number of fused-ring (bicyclic) bond motifs is 1. The molecule has 0 unspecified atom stereocenters. The van der Waals surface area contributed by atoms with E-state index in [1.807, 2.05) is 26.1 Å². The number of aliphatic hydroxyl groups is 1. The summed E-state index contributed by atoms with van der Waals surface area (Å²) in [4.78, 5) is 14.5. The van der Waals surface area contributed by atoms with Crippen molar-refractivity contribution in [2.24, 2.45) is 5.92 Å². The molecule has 4 rings (SSSR count). The molecule has 0 radical (unpaired) electrons. The molecule has 3 aromatic rings. The van der Waals surface area contributed by atoms with E-state index in [0.29, 0.717) is 13.1 Å². The molecule has 1 N–H and O–H groups in total. The third kappa shape index (κ3) is 5.67. The van der Waals surface area contributed by atoms with Crippen molar-refractivity contribution in [2.45, 2.75) is 37.4 Å². The minimum absolute atomic E-state index is 0.0899. The molecule has 2 aromatic heterocycles. The summed E-state index contributed by atoms with van der Waals surface area (Å²) < 4.78 is 35.1. The van der Waals surface area contributed by atoms with Crippen LogP contribution in [0.1, 0.15) is 19.4 Å². The average molecular weight is 498 g/mol. The maximum Gasteiger partial charge on any atom is 0.247 e.